The molecule has 0 radical (unpaired) electrons. The van der Waals surface area contributed by atoms with Gasteiger partial charge in [0.15, 0.2) is 0 Å². The highest BCUT2D eigenvalue weighted by atomic mass is 32.1. The highest BCUT2D eigenvalue weighted by molar-refractivity contribution is 7.09. The Kier molecular flexibility index (Phi) is 5.19. The monoisotopic (exact) mass is 313 g/mol. The van der Waals surface area contributed by atoms with Gasteiger partial charge < -0.3 is 5.32 Å². The first kappa shape index (κ1) is 16.5. The van der Waals surface area contributed by atoms with Crippen LogP contribution in [0.5, 0.6) is 0 Å². The Labute approximate surface area is 136 Å². The summed E-state index contributed by atoms with van der Waals surface area (Å²) in [6, 6.07) is 11.8. The second-order valence-corrected chi connectivity index (χ2v) is 7.57. The summed E-state index contributed by atoms with van der Waals surface area (Å²) in [7, 11) is 0. The predicted molar refractivity (Wildman–Crippen MR) is 95.0 cm³/mol. The maximum Gasteiger partial charge on any atom is 0.251 e. The van der Waals surface area contributed by atoms with Crippen LogP contribution < -0.4 is 5.32 Å². The average molecular weight is 313 g/mol. The van der Waals surface area contributed by atoms with Gasteiger partial charge in [0.2, 0.25) is 0 Å². The molecule has 1 amide bonds. The van der Waals surface area contributed by atoms with E-state index in [1.807, 2.05) is 41.8 Å². The van der Waals surface area contributed by atoms with Crippen LogP contribution in [0.1, 0.15) is 48.5 Å². The summed E-state index contributed by atoms with van der Waals surface area (Å²) in [4.78, 5) is 13.3. The first-order valence-electron chi connectivity index (χ1n) is 7.46. The van der Waals surface area contributed by atoms with E-state index in [2.05, 4.69) is 39.1 Å². The quantitative estimate of drug-likeness (QED) is 0.833. The topological polar surface area (TPSA) is 29.1 Å². The van der Waals surface area contributed by atoms with Gasteiger partial charge in [-0.3, -0.25) is 4.79 Å². The van der Waals surface area contributed by atoms with Gasteiger partial charge in [0.1, 0.15) is 0 Å². The summed E-state index contributed by atoms with van der Waals surface area (Å²) in [5.41, 5.74) is 3.24. The van der Waals surface area contributed by atoms with Crippen molar-refractivity contribution in [1.29, 1.82) is 0 Å². The van der Waals surface area contributed by atoms with Crippen LogP contribution >= 0.6 is 11.3 Å². The van der Waals surface area contributed by atoms with Crippen molar-refractivity contribution < 1.29 is 4.79 Å². The molecule has 22 heavy (non-hydrogen) atoms. The lowest BCUT2D eigenvalue weighted by molar-refractivity contribution is 0.0951. The maximum absolute atomic E-state index is 12.1. The van der Waals surface area contributed by atoms with Crippen molar-refractivity contribution in [3.8, 4) is 0 Å². The molecule has 0 bridgehead atoms. The molecule has 0 saturated heterocycles. The molecule has 1 aromatic heterocycles. The second-order valence-electron chi connectivity index (χ2n) is 6.53. The number of allylic oxidation sites excluding steroid dienone is 2. The minimum atomic E-state index is -0.0302. The molecule has 1 aromatic carbocycles. The zero-order valence-electron chi connectivity index (χ0n) is 13.6. The number of carbonyl (C=O) groups is 1. The van der Waals surface area contributed by atoms with Crippen LogP contribution in [0.4, 0.5) is 0 Å². The van der Waals surface area contributed by atoms with Crippen LogP contribution in [0, 0.1) is 5.41 Å². The highest BCUT2D eigenvalue weighted by Crippen LogP contribution is 2.23. The number of carbonyl (C=O) groups excluding carboxylic acids is 1. The fourth-order valence-corrected chi connectivity index (χ4v) is 2.94. The molecule has 0 aliphatic carbocycles. The number of benzene rings is 1. The zero-order chi connectivity index (χ0) is 16.2. The van der Waals surface area contributed by atoms with Crippen LogP contribution in [0.15, 0.2) is 47.9 Å². The summed E-state index contributed by atoms with van der Waals surface area (Å²) in [5, 5.41) is 4.96. The Morgan fingerprint density at radius 2 is 1.77 bits per heavy atom. The van der Waals surface area contributed by atoms with Gasteiger partial charge in [-0.05, 0) is 47.1 Å². The molecule has 2 nitrogen and oxygen atoms in total. The molecule has 116 valence electrons. The van der Waals surface area contributed by atoms with Gasteiger partial charge in [0, 0.05) is 10.4 Å². The van der Waals surface area contributed by atoms with E-state index in [1.54, 1.807) is 11.3 Å². The molecule has 0 fully saturated rings. The molecule has 0 atom stereocenters. The molecular weight excluding hydrogens is 290 g/mol. The van der Waals surface area contributed by atoms with E-state index in [1.165, 1.54) is 5.57 Å². The Morgan fingerprint density at radius 1 is 1.14 bits per heavy atom. The number of rotatable bonds is 4. The standard InChI is InChI=1S/C19H23NOS/c1-14(12-19(2,3)4)15-7-9-16(10-8-15)18(21)20-13-17-6-5-11-22-17/h5-12H,13H2,1-4H3,(H,20,21)/b14-12+. The lowest BCUT2D eigenvalue weighted by Gasteiger charge is -2.14. The molecule has 0 unspecified atom stereocenters. The average Bonchev–Trinajstić information content (AvgIpc) is 2.96. The minimum absolute atomic E-state index is 0.0302. The predicted octanol–water partition coefficient (Wildman–Crippen LogP) is 5.13. The van der Waals surface area contributed by atoms with Crippen molar-refractivity contribution >= 4 is 22.8 Å². The smallest absolute Gasteiger partial charge is 0.251 e. The third-order valence-electron chi connectivity index (χ3n) is 3.26. The normalized spacial score (nSPS) is 12.3. The highest BCUT2D eigenvalue weighted by Gasteiger charge is 2.09. The van der Waals surface area contributed by atoms with Crippen LogP contribution in [0.3, 0.4) is 0 Å². The third kappa shape index (κ3) is 4.85. The molecule has 0 spiro atoms. The van der Waals surface area contributed by atoms with Crippen LogP contribution in [-0.2, 0) is 6.54 Å². The summed E-state index contributed by atoms with van der Waals surface area (Å²) in [6.07, 6.45) is 2.25. The van der Waals surface area contributed by atoms with Gasteiger partial charge in [0.25, 0.3) is 5.91 Å². The fraction of sp³-hybridized carbons (Fsp3) is 0.316. The fourth-order valence-electron chi connectivity index (χ4n) is 2.30. The SMILES string of the molecule is C/C(=C\C(C)(C)C)c1ccc(C(=O)NCc2cccs2)cc1. The first-order valence-corrected chi connectivity index (χ1v) is 8.33. The lowest BCUT2D eigenvalue weighted by atomic mass is 9.91. The second kappa shape index (κ2) is 6.93. The van der Waals surface area contributed by atoms with Gasteiger partial charge in [-0.25, -0.2) is 0 Å². The summed E-state index contributed by atoms with van der Waals surface area (Å²) in [5.74, 6) is -0.0302. The number of hydrogen-bond donors (Lipinski definition) is 1. The van der Waals surface area contributed by atoms with E-state index in [0.717, 1.165) is 10.4 Å². The van der Waals surface area contributed by atoms with Crippen molar-refractivity contribution in [3.63, 3.8) is 0 Å². The Balaban J connectivity index is 2.02. The largest absolute Gasteiger partial charge is 0.347 e. The Hall–Kier alpha value is -1.87. The lowest BCUT2D eigenvalue weighted by Crippen LogP contribution is -2.22. The van der Waals surface area contributed by atoms with Gasteiger partial charge in [-0.15, -0.1) is 11.3 Å². The van der Waals surface area contributed by atoms with Crippen LogP contribution in [-0.4, -0.2) is 5.91 Å². The van der Waals surface area contributed by atoms with Crippen molar-refractivity contribution in [3.05, 3.63) is 63.9 Å². The number of amides is 1. The maximum atomic E-state index is 12.1. The molecule has 0 aliphatic heterocycles. The van der Waals surface area contributed by atoms with E-state index in [-0.39, 0.29) is 11.3 Å². The number of thiophene rings is 1. The molecule has 0 aliphatic rings. The summed E-state index contributed by atoms with van der Waals surface area (Å²) >= 11 is 1.65. The summed E-state index contributed by atoms with van der Waals surface area (Å²) in [6.45, 7) is 9.24. The number of hydrogen-bond acceptors (Lipinski definition) is 2. The van der Waals surface area contributed by atoms with Crippen LogP contribution in [0.25, 0.3) is 5.57 Å². The zero-order valence-corrected chi connectivity index (χ0v) is 14.5. The van der Waals surface area contributed by atoms with Gasteiger partial charge >= 0.3 is 0 Å². The van der Waals surface area contributed by atoms with E-state index in [0.29, 0.717) is 12.1 Å². The van der Waals surface area contributed by atoms with Gasteiger partial charge in [-0.2, -0.15) is 0 Å². The van der Waals surface area contributed by atoms with Crippen molar-refractivity contribution in [1.82, 2.24) is 5.32 Å². The van der Waals surface area contributed by atoms with E-state index >= 15 is 0 Å². The molecule has 0 saturated carbocycles. The molecular formula is C19H23NOS. The van der Waals surface area contributed by atoms with Gasteiger partial charge in [0.05, 0.1) is 6.54 Å². The Bertz CT molecular complexity index is 646. The minimum Gasteiger partial charge on any atom is -0.347 e. The van der Waals surface area contributed by atoms with Crippen molar-refractivity contribution in [2.24, 2.45) is 5.41 Å². The molecule has 2 rings (SSSR count). The van der Waals surface area contributed by atoms with Crippen molar-refractivity contribution in [2.75, 3.05) is 0 Å². The Morgan fingerprint density at radius 3 is 2.32 bits per heavy atom. The third-order valence-corrected chi connectivity index (χ3v) is 4.13. The van der Waals surface area contributed by atoms with E-state index in [4.69, 9.17) is 0 Å². The van der Waals surface area contributed by atoms with Gasteiger partial charge in [-0.1, -0.05) is 45.0 Å². The number of nitrogens with one attached hydrogen (secondary N) is 1. The molecule has 2 aromatic rings. The molecule has 1 heterocycles. The molecule has 3 heteroatoms. The van der Waals surface area contributed by atoms with Crippen molar-refractivity contribution in [2.45, 2.75) is 34.2 Å². The molecule has 1 N–H and O–H groups in total. The van der Waals surface area contributed by atoms with E-state index in [9.17, 15) is 4.79 Å². The van der Waals surface area contributed by atoms with E-state index < -0.39 is 0 Å². The summed E-state index contributed by atoms with van der Waals surface area (Å²) < 4.78 is 0. The van der Waals surface area contributed by atoms with Crippen LogP contribution in [0.2, 0.25) is 0 Å². The first-order chi connectivity index (χ1) is 10.3.